The third-order valence-corrected chi connectivity index (χ3v) is 2.61. The number of rotatable bonds is 0. The number of carbonyl (C=O) groups excluding carboxylic acids is 3. The topological polar surface area (TPSA) is 51.2 Å². The Kier molecular flexibility index (Phi) is 2.40. The molecule has 0 saturated heterocycles. The Morgan fingerprint density at radius 2 is 1.53 bits per heavy atom. The molecule has 0 saturated carbocycles. The quantitative estimate of drug-likeness (QED) is 0.489. The summed E-state index contributed by atoms with van der Waals surface area (Å²) in [5, 5.41) is 0.503. The summed E-state index contributed by atoms with van der Waals surface area (Å²) in [7, 11) is 0. The molecule has 0 unspecified atom stereocenters. The molecule has 1 aromatic rings. The first kappa shape index (κ1) is 10.1. The zero-order valence-electron chi connectivity index (χ0n) is 7.75. The van der Waals surface area contributed by atoms with Gasteiger partial charge in [0.05, 0.1) is 0 Å². The van der Waals surface area contributed by atoms with Crippen molar-refractivity contribution in [3.8, 4) is 0 Å². The molecule has 0 fully saturated rings. The average Bonchev–Trinajstić information content (AvgIpc) is 2.29. The van der Waals surface area contributed by atoms with Gasteiger partial charge >= 0.3 is 0 Å². The van der Waals surface area contributed by atoms with Crippen molar-refractivity contribution in [3.63, 3.8) is 0 Å². The first-order valence-electron chi connectivity index (χ1n) is 4.45. The SMILES string of the molecule is O=C1Cc2ccc(Cl)cc2CC(=O)C1=O. The third kappa shape index (κ3) is 1.83. The smallest absolute Gasteiger partial charge is 0.264 e. The van der Waals surface area contributed by atoms with Gasteiger partial charge in [0, 0.05) is 17.9 Å². The van der Waals surface area contributed by atoms with E-state index in [0.717, 1.165) is 0 Å². The summed E-state index contributed by atoms with van der Waals surface area (Å²) in [4.78, 5) is 33.7. The molecular formula is C11H7ClO3. The number of fused-ring (bicyclic) bond motifs is 1. The first-order chi connectivity index (χ1) is 7.08. The van der Waals surface area contributed by atoms with Crippen molar-refractivity contribution in [2.24, 2.45) is 0 Å². The Bertz CT molecular complexity index is 477. The molecular weight excluding hydrogens is 216 g/mol. The zero-order valence-corrected chi connectivity index (χ0v) is 8.50. The van der Waals surface area contributed by atoms with Gasteiger partial charge in [-0.2, -0.15) is 0 Å². The maximum atomic E-state index is 11.3. The lowest BCUT2D eigenvalue weighted by molar-refractivity contribution is -0.143. The highest BCUT2D eigenvalue weighted by atomic mass is 35.5. The molecule has 0 radical (unpaired) electrons. The summed E-state index contributed by atoms with van der Waals surface area (Å²) >= 11 is 5.77. The Labute approximate surface area is 91.0 Å². The fourth-order valence-electron chi connectivity index (χ4n) is 1.59. The standard InChI is InChI=1S/C11H7ClO3/c12-8-2-1-6-4-9(13)11(15)10(14)5-7(6)3-8/h1-3H,4-5H2. The van der Waals surface area contributed by atoms with Crippen LogP contribution in [-0.2, 0) is 27.2 Å². The molecule has 0 amide bonds. The molecule has 76 valence electrons. The van der Waals surface area contributed by atoms with E-state index in [1.165, 1.54) is 0 Å². The maximum absolute atomic E-state index is 11.3. The first-order valence-corrected chi connectivity index (χ1v) is 4.83. The van der Waals surface area contributed by atoms with Crippen molar-refractivity contribution in [2.45, 2.75) is 12.8 Å². The van der Waals surface area contributed by atoms with Gasteiger partial charge in [-0.15, -0.1) is 0 Å². The minimum atomic E-state index is -0.901. The van der Waals surface area contributed by atoms with Crippen molar-refractivity contribution in [1.29, 1.82) is 0 Å². The van der Waals surface area contributed by atoms with Gasteiger partial charge in [0.15, 0.2) is 0 Å². The molecule has 1 aromatic carbocycles. The molecule has 2 rings (SSSR count). The Balaban J connectivity index is 2.51. The van der Waals surface area contributed by atoms with Gasteiger partial charge in [0.1, 0.15) is 0 Å². The second-order valence-electron chi connectivity index (χ2n) is 3.44. The van der Waals surface area contributed by atoms with E-state index in [2.05, 4.69) is 0 Å². The second-order valence-corrected chi connectivity index (χ2v) is 3.88. The van der Waals surface area contributed by atoms with Crippen LogP contribution in [0.1, 0.15) is 11.1 Å². The van der Waals surface area contributed by atoms with Crippen LogP contribution in [0.15, 0.2) is 18.2 Å². The number of halogens is 1. The highest BCUT2D eigenvalue weighted by Gasteiger charge is 2.27. The van der Waals surface area contributed by atoms with Gasteiger partial charge in [-0.3, -0.25) is 14.4 Å². The van der Waals surface area contributed by atoms with Crippen molar-refractivity contribution in [1.82, 2.24) is 0 Å². The van der Waals surface area contributed by atoms with Gasteiger partial charge in [0.2, 0.25) is 11.6 Å². The van der Waals surface area contributed by atoms with Crippen molar-refractivity contribution in [2.75, 3.05) is 0 Å². The number of hydrogen-bond acceptors (Lipinski definition) is 3. The lowest BCUT2D eigenvalue weighted by Gasteiger charge is -2.02. The molecule has 1 aliphatic carbocycles. The molecule has 0 heterocycles. The largest absolute Gasteiger partial charge is 0.290 e. The normalized spacial score (nSPS) is 16.2. The van der Waals surface area contributed by atoms with Gasteiger partial charge in [-0.05, 0) is 23.3 Å². The predicted octanol–water partition coefficient (Wildman–Crippen LogP) is 1.15. The lowest BCUT2D eigenvalue weighted by Crippen LogP contribution is -2.23. The second kappa shape index (κ2) is 3.59. The number of Topliss-reactive ketones (excluding diaryl/α,β-unsaturated/α-hetero) is 3. The van der Waals surface area contributed by atoms with Crippen molar-refractivity contribution in [3.05, 3.63) is 34.3 Å². The van der Waals surface area contributed by atoms with Crippen LogP contribution in [0.5, 0.6) is 0 Å². The fourth-order valence-corrected chi connectivity index (χ4v) is 1.79. The molecule has 3 nitrogen and oxygen atoms in total. The van der Waals surface area contributed by atoms with Crippen LogP contribution in [0, 0.1) is 0 Å². The van der Waals surface area contributed by atoms with Gasteiger partial charge in [0.25, 0.3) is 5.78 Å². The molecule has 0 N–H and O–H groups in total. The van der Waals surface area contributed by atoms with Gasteiger partial charge in [-0.1, -0.05) is 17.7 Å². The highest BCUT2D eigenvalue weighted by molar-refractivity contribution is 6.64. The van der Waals surface area contributed by atoms with E-state index in [9.17, 15) is 14.4 Å². The number of hydrogen-bond donors (Lipinski definition) is 0. The summed E-state index contributed by atoms with van der Waals surface area (Å²) in [6.45, 7) is 0. The van der Waals surface area contributed by atoms with Crippen LogP contribution < -0.4 is 0 Å². The Hall–Kier alpha value is -1.48. The van der Waals surface area contributed by atoms with E-state index >= 15 is 0 Å². The minimum absolute atomic E-state index is 0.00290. The monoisotopic (exact) mass is 222 g/mol. The zero-order chi connectivity index (χ0) is 11.0. The van der Waals surface area contributed by atoms with Crippen molar-refractivity contribution >= 4 is 29.0 Å². The molecule has 4 heteroatoms. The van der Waals surface area contributed by atoms with Crippen LogP contribution in [0.4, 0.5) is 0 Å². The van der Waals surface area contributed by atoms with E-state index in [1.54, 1.807) is 18.2 Å². The summed E-state index contributed by atoms with van der Waals surface area (Å²) in [6, 6.07) is 4.95. The predicted molar refractivity (Wildman–Crippen MR) is 53.9 cm³/mol. The number of benzene rings is 1. The summed E-state index contributed by atoms with van der Waals surface area (Å²) in [6.07, 6.45) is -0.0302. The minimum Gasteiger partial charge on any atom is -0.290 e. The molecule has 1 aliphatic rings. The Morgan fingerprint density at radius 3 is 2.20 bits per heavy atom. The average molecular weight is 223 g/mol. The van der Waals surface area contributed by atoms with E-state index < -0.39 is 17.3 Å². The van der Waals surface area contributed by atoms with Crippen molar-refractivity contribution < 1.29 is 14.4 Å². The molecule has 0 spiro atoms. The molecule has 15 heavy (non-hydrogen) atoms. The van der Waals surface area contributed by atoms with Crippen LogP contribution in [0.25, 0.3) is 0 Å². The van der Waals surface area contributed by atoms with E-state index in [1.807, 2.05) is 0 Å². The number of ketones is 3. The highest BCUT2D eigenvalue weighted by Crippen LogP contribution is 2.20. The van der Waals surface area contributed by atoms with E-state index in [4.69, 9.17) is 11.6 Å². The van der Waals surface area contributed by atoms with Crippen LogP contribution in [0.2, 0.25) is 5.02 Å². The lowest BCUT2D eigenvalue weighted by atomic mass is 10.0. The molecule has 0 aliphatic heterocycles. The maximum Gasteiger partial charge on any atom is 0.264 e. The summed E-state index contributed by atoms with van der Waals surface area (Å²) < 4.78 is 0. The summed E-state index contributed by atoms with van der Waals surface area (Å²) in [5.74, 6) is -2.19. The summed E-state index contributed by atoms with van der Waals surface area (Å²) in [5.41, 5.74) is 1.38. The fraction of sp³-hybridized carbons (Fsp3) is 0.182. The van der Waals surface area contributed by atoms with Crippen LogP contribution in [-0.4, -0.2) is 17.3 Å². The molecule has 0 aromatic heterocycles. The van der Waals surface area contributed by atoms with E-state index in [-0.39, 0.29) is 12.8 Å². The van der Waals surface area contributed by atoms with Gasteiger partial charge < -0.3 is 0 Å². The molecule has 0 atom stereocenters. The number of carbonyl (C=O) groups is 3. The van der Waals surface area contributed by atoms with Crippen LogP contribution in [0.3, 0.4) is 0 Å². The van der Waals surface area contributed by atoms with E-state index in [0.29, 0.717) is 16.1 Å². The Morgan fingerprint density at radius 1 is 0.933 bits per heavy atom. The van der Waals surface area contributed by atoms with Gasteiger partial charge in [-0.25, -0.2) is 0 Å². The van der Waals surface area contributed by atoms with Crippen LogP contribution >= 0.6 is 11.6 Å². The molecule has 0 bridgehead atoms. The third-order valence-electron chi connectivity index (χ3n) is 2.38.